The summed E-state index contributed by atoms with van der Waals surface area (Å²) in [6, 6.07) is 25.0. The molecule has 5 nitrogen and oxygen atoms in total. The number of ether oxygens (including phenoxy) is 1. The molecule has 5 aromatic rings. The molecule has 0 aliphatic carbocycles. The van der Waals surface area contributed by atoms with Gasteiger partial charge in [-0.25, -0.2) is 9.97 Å². The van der Waals surface area contributed by atoms with E-state index in [-0.39, 0.29) is 0 Å². The van der Waals surface area contributed by atoms with Gasteiger partial charge in [0.15, 0.2) is 0 Å². The van der Waals surface area contributed by atoms with Crippen LogP contribution in [0.2, 0.25) is 0 Å². The molecule has 0 fully saturated rings. The first-order valence-corrected chi connectivity index (χ1v) is 13.1. The summed E-state index contributed by atoms with van der Waals surface area (Å²) in [4.78, 5) is 19.1. The zero-order valence-electron chi connectivity index (χ0n) is 20.9. The number of benzene rings is 2. The summed E-state index contributed by atoms with van der Waals surface area (Å²) in [5.41, 5.74) is 4.67. The first-order chi connectivity index (χ1) is 17.6. The summed E-state index contributed by atoms with van der Waals surface area (Å²) in [7, 11) is 0. The average molecular weight is 495 g/mol. The van der Waals surface area contributed by atoms with Gasteiger partial charge >= 0.3 is 0 Å². The van der Waals surface area contributed by atoms with Crippen molar-refractivity contribution in [2.75, 3.05) is 18.1 Å². The van der Waals surface area contributed by atoms with E-state index in [0.29, 0.717) is 6.61 Å². The Morgan fingerprint density at radius 3 is 2.39 bits per heavy atom. The van der Waals surface area contributed by atoms with Crippen LogP contribution < -0.4 is 9.64 Å². The third kappa shape index (κ3) is 5.24. The average Bonchev–Trinajstić information content (AvgIpc) is 3.23. The molecule has 6 heteroatoms. The number of aromatic nitrogens is 3. The van der Waals surface area contributed by atoms with Crippen LogP contribution in [0.5, 0.6) is 5.75 Å². The normalized spacial score (nSPS) is 11.1. The molecule has 0 radical (unpaired) electrons. The Hall–Kier alpha value is -3.77. The van der Waals surface area contributed by atoms with E-state index in [1.54, 1.807) is 11.3 Å². The van der Waals surface area contributed by atoms with Crippen molar-refractivity contribution in [3.63, 3.8) is 0 Å². The van der Waals surface area contributed by atoms with E-state index >= 15 is 0 Å². The molecule has 5 rings (SSSR count). The molecular formula is C30H30N4OS. The predicted molar refractivity (Wildman–Crippen MR) is 149 cm³/mol. The second-order valence-electron chi connectivity index (χ2n) is 8.74. The molecule has 182 valence electrons. The Bertz CT molecular complexity index is 1430. The minimum atomic E-state index is 0.655. The van der Waals surface area contributed by atoms with E-state index in [1.807, 2.05) is 44.3 Å². The predicted octanol–water partition coefficient (Wildman–Crippen LogP) is 7.02. The van der Waals surface area contributed by atoms with Crippen LogP contribution in [0.25, 0.3) is 21.3 Å². The number of hydrogen-bond acceptors (Lipinski definition) is 6. The molecule has 0 atom stereocenters. The van der Waals surface area contributed by atoms with Crippen molar-refractivity contribution >= 4 is 27.4 Å². The summed E-state index contributed by atoms with van der Waals surface area (Å²) in [6.07, 6.45) is 2.69. The van der Waals surface area contributed by atoms with Gasteiger partial charge in [0, 0.05) is 41.8 Å². The Morgan fingerprint density at radius 2 is 1.67 bits per heavy atom. The topological polar surface area (TPSA) is 51.1 Å². The molecule has 0 unspecified atom stereocenters. The molecular weight excluding hydrogens is 464 g/mol. The molecule has 36 heavy (non-hydrogen) atoms. The number of anilines is 1. The van der Waals surface area contributed by atoms with Crippen molar-refractivity contribution in [2.45, 2.75) is 33.7 Å². The number of nitrogens with zero attached hydrogens (tertiary/aromatic N) is 4. The highest BCUT2D eigenvalue weighted by Gasteiger charge is 2.22. The van der Waals surface area contributed by atoms with E-state index in [4.69, 9.17) is 14.7 Å². The van der Waals surface area contributed by atoms with Gasteiger partial charge in [-0.05, 0) is 56.2 Å². The molecule has 0 aliphatic heterocycles. The van der Waals surface area contributed by atoms with Crippen molar-refractivity contribution < 1.29 is 4.74 Å². The number of hydrogen-bond donors (Lipinski definition) is 0. The number of aryl methyl sites for hydroxylation is 2. The van der Waals surface area contributed by atoms with Gasteiger partial charge in [0.1, 0.15) is 22.2 Å². The largest absolute Gasteiger partial charge is 0.494 e. The molecule has 2 aromatic carbocycles. The van der Waals surface area contributed by atoms with E-state index in [1.165, 1.54) is 16.0 Å². The highest BCUT2D eigenvalue weighted by molar-refractivity contribution is 7.19. The third-order valence-corrected chi connectivity index (χ3v) is 7.15. The van der Waals surface area contributed by atoms with Crippen LogP contribution in [0.4, 0.5) is 5.82 Å². The van der Waals surface area contributed by atoms with Gasteiger partial charge in [-0.2, -0.15) is 0 Å². The maximum Gasteiger partial charge on any atom is 0.142 e. The summed E-state index contributed by atoms with van der Waals surface area (Å²) < 4.78 is 5.68. The van der Waals surface area contributed by atoms with Crippen LogP contribution in [-0.4, -0.2) is 28.1 Å². The second kappa shape index (κ2) is 10.9. The van der Waals surface area contributed by atoms with Crippen molar-refractivity contribution in [2.24, 2.45) is 0 Å². The smallest absolute Gasteiger partial charge is 0.142 e. The lowest BCUT2D eigenvalue weighted by molar-refractivity contribution is 0.340. The Morgan fingerprint density at radius 1 is 0.889 bits per heavy atom. The molecule has 0 amide bonds. The van der Waals surface area contributed by atoms with Gasteiger partial charge in [-0.1, -0.05) is 48.5 Å². The maximum absolute atomic E-state index is 5.68. The number of thiophene rings is 1. The molecule has 0 saturated carbocycles. The fourth-order valence-electron chi connectivity index (χ4n) is 4.52. The molecule has 0 aliphatic rings. The summed E-state index contributed by atoms with van der Waals surface area (Å²) in [5, 5.41) is 1.12. The van der Waals surface area contributed by atoms with E-state index in [9.17, 15) is 0 Å². The first-order valence-electron chi connectivity index (χ1n) is 12.3. The van der Waals surface area contributed by atoms with E-state index in [0.717, 1.165) is 58.4 Å². The van der Waals surface area contributed by atoms with Crippen molar-refractivity contribution in [3.05, 3.63) is 101 Å². The second-order valence-corrected chi connectivity index (χ2v) is 9.95. The van der Waals surface area contributed by atoms with Gasteiger partial charge in [-0.15, -0.1) is 11.3 Å². The summed E-state index contributed by atoms with van der Waals surface area (Å²) >= 11 is 1.73. The molecule has 0 bridgehead atoms. The highest BCUT2D eigenvalue weighted by atomic mass is 32.1. The first kappa shape index (κ1) is 23.9. The zero-order chi connectivity index (χ0) is 24.9. The van der Waals surface area contributed by atoms with Gasteiger partial charge in [0.25, 0.3) is 0 Å². The quantitative estimate of drug-likeness (QED) is 0.220. The van der Waals surface area contributed by atoms with Crippen LogP contribution in [-0.2, 0) is 13.0 Å². The van der Waals surface area contributed by atoms with Crippen molar-refractivity contribution in [1.29, 1.82) is 0 Å². The van der Waals surface area contributed by atoms with Gasteiger partial charge in [0.05, 0.1) is 12.0 Å². The van der Waals surface area contributed by atoms with Crippen LogP contribution in [0.3, 0.4) is 0 Å². The number of rotatable bonds is 9. The Kier molecular flexibility index (Phi) is 7.23. The molecule has 3 heterocycles. The van der Waals surface area contributed by atoms with Crippen LogP contribution in [0.1, 0.15) is 28.9 Å². The van der Waals surface area contributed by atoms with Crippen LogP contribution >= 0.6 is 11.3 Å². The fraction of sp³-hybridized carbons (Fsp3) is 0.233. The molecule has 3 aromatic heterocycles. The fourth-order valence-corrected chi connectivity index (χ4v) is 5.60. The lowest BCUT2D eigenvalue weighted by atomic mass is 10.0. The molecule has 0 N–H and O–H groups in total. The standard InChI is InChI=1S/C30H30N4OS/c1-4-35-26-15-13-24(14-16-26)27-21(2)36-30-28(27)29(32-22(3)33-30)34(20-23-10-6-5-7-11-23)19-17-25-12-8-9-18-31-25/h5-16,18H,4,17,19-20H2,1-3H3. The SMILES string of the molecule is CCOc1ccc(-c2c(C)sc3nc(C)nc(N(CCc4ccccn4)Cc4ccccc4)c23)cc1. The van der Waals surface area contributed by atoms with E-state index in [2.05, 4.69) is 65.3 Å². The number of fused-ring (bicyclic) bond motifs is 1. The number of pyridine rings is 1. The van der Waals surface area contributed by atoms with Crippen LogP contribution in [0.15, 0.2) is 79.0 Å². The lowest BCUT2D eigenvalue weighted by Gasteiger charge is -2.25. The summed E-state index contributed by atoms with van der Waals surface area (Å²) in [5.74, 6) is 2.64. The van der Waals surface area contributed by atoms with E-state index < -0.39 is 0 Å². The lowest BCUT2D eigenvalue weighted by Crippen LogP contribution is -2.27. The summed E-state index contributed by atoms with van der Waals surface area (Å²) in [6.45, 7) is 8.37. The van der Waals surface area contributed by atoms with Crippen molar-refractivity contribution in [1.82, 2.24) is 15.0 Å². The van der Waals surface area contributed by atoms with Gasteiger partial charge < -0.3 is 9.64 Å². The van der Waals surface area contributed by atoms with Gasteiger partial charge in [-0.3, -0.25) is 4.98 Å². The third-order valence-electron chi connectivity index (χ3n) is 6.15. The minimum absolute atomic E-state index is 0.655. The minimum Gasteiger partial charge on any atom is -0.494 e. The maximum atomic E-state index is 5.68. The Balaban J connectivity index is 1.61. The van der Waals surface area contributed by atoms with Gasteiger partial charge in [0.2, 0.25) is 0 Å². The van der Waals surface area contributed by atoms with Crippen molar-refractivity contribution in [3.8, 4) is 16.9 Å². The molecule has 0 saturated heterocycles. The molecule has 0 spiro atoms. The zero-order valence-corrected chi connectivity index (χ0v) is 21.8. The monoisotopic (exact) mass is 494 g/mol. The highest BCUT2D eigenvalue weighted by Crippen LogP contribution is 2.42. The Labute approximate surface area is 216 Å². The van der Waals surface area contributed by atoms with Crippen LogP contribution in [0, 0.1) is 13.8 Å².